The van der Waals surface area contributed by atoms with Gasteiger partial charge in [-0.25, -0.2) is 0 Å². The summed E-state index contributed by atoms with van der Waals surface area (Å²) in [5.41, 5.74) is 1.20. The second-order valence-corrected chi connectivity index (χ2v) is 3.88. The molecule has 15 heavy (non-hydrogen) atoms. The second-order valence-electron chi connectivity index (χ2n) is 3.88. The average molecular weight is 196 g/mol. The first-order valence-electron chi connectivity index (χ1n) is 5.21. The van der Waals surface area contributed by atoms with Gasteiger partial charge in [0.2, 0.25) is 0 Å². The smallest absolute Gasteiger partial charge is 0.128 e. The Labute approximate surface area is 89.0 Å². The Balaban J connectivity index is 2.33. The van der Waals surface area contributed by atoms with E-state index in [1.165, 1.54) is 16.3 Å². The molecule has 0 aliphatic carbocycles. The lowest BCUT2D eigenvalue weighted by atomic mass is 10.0. The van der Waals surface area contributed by atoms with Gasteiger partial charge < -0.3 is 4.74 Å². The van der Waals surface area contributed by atoms with Gasteiger partial charge in [-0.3, -0.25) is 0 Å². The van der Waals surface area contributed by atoms with Crippen LogP contribution in [-0.2, 0) is 0 Å². The van der Waals surface area contributed by atoms with E-state index >= 15 is 0 Å². The number of rotatable bonds is 0. The zero-order valence-corrected chi connectivity index (χ0v) is 8.60. The van der Waals surface area contributed by atoms with Crippen molar-refractivity contribution in [3.8, 4) is 5.75 Å². The van der Waals surface area contributed by atoms with Crippen molar-refractivity contribution in [3.63, 3.8) is 0 Å². The van der Waals surface area contributed by atoms with Crippen molar-refractivity contribution in [1.29, 1.82) is 0 Å². The van der Waals surface area contributed by atoms with Crippen molar-refractivity contribution in [2.24, 2.45) is 0 Å². The molecule has 74 valence electrons. The number of ether oxygens (including phenoxy) is 1. The van der Waals surface area contributed by atoms with Crippen LogP contribution < -0.4 is 4.74 Å². The van der Waals surface area contributed by atoms with Crippen LogP contribution >= 0.6 is 0 Å². The van der Waals surface area contributed by atoms with E-state index in [2.05, 4.69) is 55.5 Å². The highest BCUT2D eigenvalue weighted by Gasteiger charge is 2.12. The van der Waals surface area contributed by atoms with Crippen LogP contribution in [0.1, 0.15) is 12.5 Å². The first-order valence-corrected chi connectivity index (χ1v) is 5.21. The maximum atomic E-state index is 5.75. The summed E-state index contributed by atoms with van der Waals surface area (Å²) in [7, 11) is 0. The standard InChI is InChI=1S/C14H12O/c1-10-6-8-13-12-5-3-2-4-11(12)7-9-14(13)15-10/h2-10H,1H3. The molecule has 3 rings (SSSR count). The third kappa shape index (κ3) is 1.32. The van der Waals surface area contributed by atoms with Gasteiger partial charge in [0.15, 0.2) is 0 Å². The van der Waals surface area contributed by atoms with Gasteiger partial charge in [0.05, 0.1) is 0 Å². The zero-order chi connectivity index (χ0) is 10.3. The molecule has 1 heteroatoms. The maximum Gasteiger partial charge on any atom is 0.128 e. The van der Waals surface area contributed by atoms with Gasteiger partial charge in [-0.2, -0.15) is 0 Å². The summed E-state index contributed by atoms with van der Waals surface area (Å²) in [5.74, 6) is 0.990. The highest BCUT2D eigenvalue weighted by Crippen LogP contribution is 2.32. The minimum Gasteiger partial charge on any atom is -0.486 e. The maximum absolute atomic E-state index is 5.75. The van der Waals surface area contributed by atoms with Gasteiger partial charge in [-0.15, -0.1) is 0 Å². The average Bonchev–Trinajstić information content (AvgIpc) is 2.28. The molecule has 1 atom stereocenters. The van der Waals surface area contributed by atoms with Crippen molar-refractivity contribution < 1.29 is 4.74 Å². The lowest BCUT2D eigenvalue weighted by molar-refractivity contribution is 0.266. The van der Waals surface area contributed by atoms with Crippen LogP contribution in [0.3, 0.4) is 0 Å². The van der Waals surface area contributed by atoms with Crippen LogP contribution in [0.2, 0.25) is 0 Å². The lowest BCUT2D eigenvalue weighted by Gasteiger charge is -2.19. The molecule has 0 N–H and O–H groups in total. The molecule has 1 aliphatic rings. The molecular weight excluding hydrogens is 184 g/mol. The van der Waals surface area contributed by atoms with Crippen molar-refractivity contribution >= 4 is 16.8 Å². The quantitative estimate of drug-likeness (QED) is 0.625. The number of hydrogen-bond acceptors (Lipinski definition) is 1. The van der Waals surface area contributed by atoms with E-state index in [9.17, 15) is 0 Å². The van der Waals surface area contributed by atoms with E-state index in [1.807, 2.05) is 0 Å². The van der Waals surface area contributed by atoms with Crippen LogP contribution in [0.4, 0.5) is 0 Å². The summed E-state index contributed by atoms with van der Waals surface area (Å²) in [6, 6.07) is 12.6. The Morgan fingerprint density at radius 3 is 2.87 bits per heavy atom. The number of fused-ring (bicyclic) bond motifs is 3. The van der Waals surface area contributed by atoms with Crippen LogP contribution in [-0.4, -0.2) is 6.10 Å². The molecule has 0 bridgehead atoms. The molecule has 1 nitrogen and oxygen atoms in total. The molecule has 2 aromatic rings. The van der Waals surface area contributed by atoms with Gasteiger partial charge in [0.25, 0.3) is 0 Å². The van der Waals surface area contributed by atoms with E-state index in [1.54, 1.807) is 0 Å². The summed E-state index contributed by atoms with van der Waals surface area (Å²) in [6.45, 7) is 2.05. The Morgan fingerprint density at radius 2 is 1.93 bits per heavy atom. The minimum atomic E-state index is 0.179. The summed E-state index contributed by atoms with van der Waals surface area (Å²) in [5, 5.41) is 2.53. The first kappa shape index (κ1) is 8.54. The molecule has 0 saturated heterocycles. The van der Waals surface area contributed by atoms with E-state index in [0.717, 1.165) is 5.75 Å². The van der Waals surface area contributed by atoms with Gasteiger partial charge in [0.1, 0.15) is 11.9 Å². The van der Waals surface area contributed by atoms with E-state index in [-0.39, 0.29) is 6.10 Å². The summed E-state index contributed by atoms with van der Waals surface area (Å²) >= 11 is 0. The molecule has 0 saturated carbocycles. The Hall–Kier alpha value is -1.76. The van der Waals surface area contributed by atoms with Crippen molar-refractivity contribution in [1.82, 2.24) is 0 Å². The van der Waals surface area contributed by atoms with Crippen molar-refractivity contribution in [3.05, 3.63) is 48.0 Å². The number of benzene rings is 2. The third-order valence-corrected chi connectivity index (χ3v) is 2.78. The molecular formula is C14H12O. The van der Waals surface area contributed by atoms with Crippen LogP contribution in [0.25, 0.3) is 16.8 Å². The molecule has 0 aromatic heterocycles. The molecule has 2 aromatic carbocycles. The summed E-state index contributed by atoms with van der Waals surface area (Å²) in [4.78, 5) is 0. The minimum absolute atomic E-state index is 0.179. The molecule has 1 aliphatic heterocycles. The monoisotopic (exact) mass is 196 g/mol. The Kier molecular flexibility index (Phi) is 1.78. The fourth-order valence-electron chi connectivity index (χ4n) is 2.02. The molecule has 1 heterocycles. The second kappa shape index (κ2) is 3.13. The highest BCUT2D eigenvalue weighted by molar-refractivity contribution is 5.93. The normalized spacial score (nSPS) is 18.6. The zero-order valence-electron chi connectivity index (χ0n) is 8.60. The van der Waals surface area contributed by atoms with E-state index < -0.39 is 0 Å². The predicted molar refractivity (Wildman–Crippen MR) is 63.1 cm³/mol. The van der Waals surface area contributed by atoms with Crippen LogP contribution in [0, 0.1) is 0 Å². The summed E-state index contributed by atoms with van der Waals surface area (Å²) in [6.07, 6.45) is 4.43. The van der Waals surface area contributed by atoms with E-state index in [4.69, 9.17) is 4.74 Å². The third-order valence-electron chi connectivity index (χ3n) is 2.78. The van der Waals surface area contributed by atoms with Crippen molar-refractivity contribution in [2.75, 3.05) is 0 Å². The largest absolute Gasteiger partial charge is 0.486 e. The number of hydrogen-bond donors (Lipinski definition) is 0. The Morgan fingerprint density at radius 1 is 1.07 bits per heavy atom. The van der Waals surface area contributed by atoms with Crippen LogP contribution in [0.5, 0.6) is 5.75 Å². The van der Waals surface area contributed by atoms with Gasteiger partial charge in [0, 0.05) is 5.56 Å². The highest BCUT2D eigenvalue weighted by atomic mass is 16.5. The first-order chi connectivity index (χ1) is 7.34. The van der Waals surface area contributed by atoms with Crippen LogP contribution in [0.15, 0.2) is 42.5 Å². The van der Waals surface area contributed by atoms with E-state index in [0.29, 0.717) is 0 Å². The van der Waals surface area contributed by atoms with Gasteiger partial charge in [-0.1, -0.05) is 36.4 Å². The van der Waals surface area contributed by atoms with Gasteiger partial charge >= 0.3 is 0 Å². The topological polar surface area (TPSA) is 9.23 Å². The van der Waals surface area contributed by atoms with Gasteiger partial charge in [-0.05, 0) is 29.8 Å². The molecule has 0 spiro atoms. The predicted octanol–water partition coefficient (Wildman–Crippen LogP) is 3.63. The fraction of sp³-hybridized carbons (Fsp3) is 0.143. The molecule has 1 unspecified atom stereocenters. The molecule has 0 amide bonds. The fourth-order valence-corrected chi connectivity index (χ4v) is 2.02. The van der Waals surface area contributed by atoms with Crippen molar-refractivity contribution in [2.45, 2.75) is 13.0 Å². The Bertz CT molecular complexity index is 540. The SMILES string of the molecule is CC1C=Cc2c(ccc3ccccc23)O1. The summed E-state index contributed by atoms with van der Waals surface area (Å²) < 4.78 is 5.75. The lowest BCUT2D eigenvalue weighted by Crippen LogP contribution is -2.12. The molecule has 0 radical (unpaired) electrons. The molecule has 0 fully saturated rings.